The van der Waals surface area contributed by atoms with Gasteiger partial charge in [0.25, 0.3) is 0 Å². The first-order valence-corrected chi connectivity index (χ1v) is 7.46. The smallest absolute Gasteiger partial charge is 0.168 e. The molecule has 0 aliphatic heterocycles. The molecule has 2 aromatic carbocycles. The van der Waals surface area contributed by atoms with Crippen LogP contribution in [0.1, 0.15) is 35.4 Å². The van der Waals surface area contributed by atoms with Crippen LogP contribution in [-0.2, 0) is 0 Å². The summed E-state index contributed by atoms with van der Waals surface area (Å²) in [7, 11) is 0. The van der Waals surface area contributed by atoms with E-state index in [4.69, 9.17) is 11.6 Å². The predicted molar refractivity (Wildman–Crippen MR) is 89.8 cm³/mol. The molecule has 0 saturated heterocycles. The molecule has 0 radical (unpaired) electrons. The highest BCUT2D eigenvalue weighted by atomic mass is 35.5. The van der Waals surface area contributed by atoms with E-state index < -0.39 is 6.10 Å². The number of hydrogen-bond acceptors (Lipinski definition) is 3. The molecule has 0 amide bonds. The Hall–Kier alpha value is -1.97. The number of benzene rings is 2. The number of ketones is 1. The van der Waals surface area contributed by atoms with Crippen molar-refractivity contribution < 1.29 is 9.90 Å². The van der Waals surface area contributed by atoms with Crippen LogP contribution in [0.25, 0.3) is 0 Å². The van der Waals surface area contributed by atoms with Crippen LogP contribution in [0.5, 0.6) is 0 Å². The summed E-state index contributed by atoms with van der Waals surface area (Å²) in [6.07, 6.45) is -0.412. The molecule has 1 atom stereocenters. The summed E-state index contributed by atoms with van der Waals surface area (Å²) in [5.74, 6) is -0.00730. The number of Topliss-reactive ketones (excluding diaryl/α,β-unsaturated/α-hetero) is 1. The number of halogens is 1. The largest absolute Gasteiger partial charge is 0.386 e. The van der Waals surface area contributed by atoms with E-state index in [1.165, 1.54) is 0 Å². The van der Waals surface area contributed by atoms with Crippen molar-refractivity contribution in [1.82, 2.24) is 0 Å². The van der Waals surface area contributed by atoms with Crippen LogP contribution in [-0.4, -0.2) is 23.1 Å². The molecule has 0 fully saturated rings. The Morgan fingerprint density at radius 2 is 1.77 bits per heavy atom. The van der Waals surface area contributed by atoms with Gasteiger partial charge in [0.15, 0.2) is 5.78 Å². The summed E-state index contributed by atoms with van der Waals surface area (Å²) in [6.45, 7) is 2.05. The first-order valence-electron chi connectivity index (χ1n) is 7.08. The minimum Gasteiger partial charge on any atom is -0.386 e. The van der Waals surface area contributed by atoms with E-state index in [0.717, 1.165) is 5.56 Å². The molecule has 0 aliphatic rings. The SMILES string of the molecule is CC(CC(=O)c1ccc(Cl)cc1)=NC[C@@H](O)c1ccccc1. The lowest BCUT2D eigenvalue weighted by atomic mass is 10.1. The van der Waals surface area contributed by atoms with E-state index in [1.54, 1.807) is 31.2 Å². The van der Waals surface area contributed by atoms with Gasteiger partial charge >= 0.3 is 0 Å². The molecule has 0 bridgehead atoms. The highest BCUT2D eigenvalue weighted by molar-refractivity contribution is 6.30. The minimum absolute atomic E-state index is 0.00730. The molecule has 1 N–H and O–H groups in total. The van der Waals surface area contributed by atoms with Crippen LogP contribution in [0.3, 0.4) is 0 Å². The van der Waals surface area contributed by atoms with Crippen molar-refractivity contribution in [3.05, 3.63) is 70.7 Å². The fourth-order valence-corrected chi connectivity index (χ4v) is 2.17. The summed E-state index contributed by atoms with van der Waals surface area (Å²) >= 11 is 5.80. The number of aliphatic imine (C=N–C) groups is 1. The zero-order chi connectivity index (χ0) is 15.9. The maximum absolute atomic E-state index is 12.1. The molecule has 0 aliphatic carbocycles. The van der Waals surface area contributed by atoms with E-state index in [0.29, 0.717) is 16.3 Å². The van der Waals surface area contributed by atoms with Crippen molar-refractivity contribution in [3.8, 4) is 0 Å². The number of aliphatic hydroxyl groups excluding tert-OH is 1. The lowest BCUT2D eigenvalue weighted by Crippen LogP contribution is -2.08. The third-order valence-electron chi connectivity index (χ3n) is 3.30. The third-order valence-corrected chi connectivity index (χ3v) is 3.55. The van der Waals surface area contributed by atoms with Crippen molar-refractivity contribution in [3.63, 3.8) is 0 Å². The van der Waals surface area contributed by atoms with Crippen LogP contribution in [0, 0.1) is 0 Å². The summed E-state index contributed by atoms with van der Waals surface area (Å²) in [6, 6.07) is 16.2. The summed E-state index contributed by atoms with van der Waals surface area (Å²) in [4.78, 5) is 16.4. The van der Waals surface area contributed by atoms with E-state index in [9.17, 15) is 9.90 Å². The number of aliphatic hydroxyl groups is 1. The van der Waals surface area contributed by atoms with Gasteiger partial charge in [-0.2, -0.15) is 0 Å². The van der Waals surface area contributed by atoms with Gasteiger partial charge < -0.3 is 5.11 Å². The molecule has 0 spiro atoms. The van der Waals surface area contributed by atoms with Gasteiger partial charge in [0.05, 0.1) is 12.6 Å². The molecule has 0 heterocycles. The highest BCUT2D eigenvalue weighted by Gasteiger charge is 2.09. The van der Waals surface area contributed by atoms with E-state index in [1.807, 2.05) is 30.3 Å². The molecular formula is C18H18ClNO2. The molecule has 0 saturated carbocycles. The molecule has 0 aromatic heterocycles. The number of nitrogens with zero attached hydrogens (tertiary/aromatic N) is 1. The Kier molecular flexibility index (Phi) is 5.87. The molecule has 4 heteroatoms. The van der Waals surface area contributed by atoms with Gasteiger partial charge in [0, 0.05) is 22.7 Å². The van der Waals surface area contributed by atoms with Crippen LogP contribution in [0.4, 0.5) is 0 Å². The zero-order valence-corrected chi connectivity index (χ0v) is 13.1. The topological polar surface area (TPSA) is 49.7 Å². The van der Waals surface area contributed by atoms with Crippen LogP contribution in [0.15, 0.2) is 59.6 Å². The Morgan fingerprint density at radius 1 is 1.14 bits per heavy atom. The standard InChI is InChI=1S/C18H18ClNO2/c1-13(11-17(21)15-7-9-16(19)10-8-15)20-12-18(22)14-5-3-2-4-6-14/h2-10,18,22H,11-12H2,1H3/t18-/m1/s1. The molecular weight excluding hydrogens is 298 g/mol. The number of carbonyl (C=O) groups excluding carboxylic acids is 1. The predicted octanol–water partition coefficient (Wildman–Crippen LogP) is 4.11. The summed E-state index contributed by atoms with van der Waals surface area (Å²) in [5.41, 5.74) is 2.14. The van der Waals surface area contributed by atoms with Gasteiger partial charge in [-0.05, 0) is 36.8 Å². The average molecular weight is 316 g/mol. The second-order valence-corrected chi connectivity index (χ2v) is 5.55. The maximum atomic E-state index is 12.1. The fraction of sp³-hybridized carbons (Fsp3) is 0.222. The number of carbonyl (C=O) groups is 1. The van der Waals surface area contributed by atoms with Gasteiger partial charge in [0.2, 0.25) is 0 Å². The normalized spacial score (nSPS) is 13.0. The van der Waals surface area contributed by atoms with Gasteiger partial charge in [-0.15, -0.1) is 0 Å². The van der Waals surface area contributed by atoms with Crippen molar-refractivity contribution in [2.75, 3.05) is 6.54 Å². The van der Waals surface area contributed by atoms with Crippen molar-refractivity contribution >= 4 is 23.1 Å². The van der Waals surface area contributed by atoms with Crippen LogP contribution < -0.4 is 0 Å². The first kappa shape index (κ1) is 16.4. The van der Waals surface area contributed by atoms with Gasteiger partial charge in [-0.3, -0.25) is 9.79 Å². The number of hydrogen-bond donors (Lipinski definition) is 1. The second kappa shape index (κ2) is 7.87. The average Bonchev–Trinajstić information content (AvgIpc) is 2.54. The summed E-state index contributed by atoms with van der Waals surface area (Å²) < 4.78 is 0. The maximum Gasteiger partial charge on any atom is 0.168 e. The Labute approximate surface area is 135 Å². The Bertz CT molecular complexity index is 651. The van der Waals surface area contributed by atoms with Gasteiger partial charge in [-0.25, -0.2) is 0 Å². The highest BCUT2D eigenvalue weighted by Crippen LogP contribution is 2.14. The Morgan fingerprint density at radius 3 is 2.41 bits per heavy atom. The van der Waals surface area contributed by atoms with Crippen LogP contribution >= 0.6 is 11.6 Å². The van der Waals surface area contributed by atoms with Crippen molar-refractivity contribution in [2.24, 2.45) is 4.99 Å². The Balaban J connectivity index is 1.92. The van der Waals surface area contributed by atoms with Crippen molar-refractivity contribution in [1.29, 1.82) is 0 Å². The second-order valence-electron chi connectivity index (χ2n) is 5.11. The number of rotatable bonds is 6. The molecule has 114 valence electrons. The molecule has 0 unspecified atom stereocenters. The molecule has 3 nitrogen and oxygen atoms in total. The zero-order valence-electron chi connectivity index (χ0n) is 12.4. The monoisotopic (exact) mass is 315 g/mol. The fourth-order valence-electron chi connectivity index (χ4n) is 2.05. The van der Waals surface area contributed by atoms with E-state index in [2.05, 4.69) is 4.99 Å². The van der Waals surface area contributed by atoms with Crippen LogP contribution in [0.2, 0.25) is 5.02 Å². The quantitative estimate of drug-likeness (QED) is 0.644. The lowest BCUT2D eigenvalue weighted by Gasteiger charge is -2.08. The molecule has 2 rings (SSSR count). The molecule has 22 heavy (non-hydrogen) atoms. The first-order chi connectivity index (χ1) is 10.6. The summed E-state index contributed by atoms with van der Waals surface area (Å²) in [5, 5.41) is 10.6. The lowest BCUT2D eigenvalue weighted by molar-refractivity contribution is 0.1000. The van der Waals surface area contributed by atoms with Crippen molar-refractivity contribution in [2.45, 2.75) is 19.4 Å². The van der Waals surface area contributed by atoms with E-state index in [-0.39, 0.29) is 18.7 Å². The third kappa shape index (κ3) is 4.79. The molecule has 2 aromatic rings. The van der Waals surface area contributed by atoms with E-state index >= 15 is 0 Å². The van der Waals surface area contributed by atoms with Gasteiger partial charge in [0.1, 0.15) is 0 Å². The van der Waals surface area contributed by atoms with Gasteiger partial charge in [-0.1, -0.05) is 41.9 Å². The minimum atomic E-state index is -0.651.